The Bertz CT molecular complexity index is 1300. The van der Waals surface area contributed by atoms with Crippen molar-refractivity contribution in [1.29, 1.82) is 0 Å². The zero-order valence-corrected chi connectivity index (χ0v) is 20.7. The molecule has 2 aromatic carbocycles. The Balaban J connectivity index is 1.39. The van der Waals surface area contributed by atoms with Crippen LogP contribution in [0.2, 0.25) is 5.02 Å². The molecule has 1 unspecified atom stereocenters. The molecule has 2 heterocycles. The molecule has 2 aliphatic heterocycles. The van der Waals surface area contributed by atoms with Crippen molar-refractivity contribution in [2.45, 2.75) is 51.5 Å². The Labute approximate surface area is 213 Å². The molecule has 4 amide bonds. The van der Waals surface area contributed by atoms with Crippen molar-refractivity contribution in [3.8, 4) is 0 Å². The number of carbonyl (C=O) groups excluding carboxylic acids is 5. The van der Waals surface area contributed by atoms with Gasteiger partial charge in [-0.15, -0.1) is 0 Å². The lowest BCUT2D eigenvalue weighted by molar-refractivity contribution is -0.149. The Hall–Kier alpha value is -3.78. The predicted molar refractivity (Wildman–Crippen MR) is 134 cm³/mol. The van der Waals surface area contributed by atoms with Gasteiger partial charge < -0.3 is 5.32 Å². The highest BCUT2D eigenvalue weighted by Gasteiger charge is 2.42. The first kappa shape index (κ1) is 25.3. The number of Topliss-reactive ketones (excluding diaryl/α,β-unsaturated/α-hetero) is 1. The number of hydrogen-bond donors (Lipinski definition) is 2. The average molecular weight is 508 g/mol. The zero-order valence-electron chi connectivity index (χ0n) is 20.0. The fourth-order valence-electron chi connectivity index (χ4n) is 4.38. The van der Waals surface area contributed by atoms with Crippen LogP contribution < -0.4 is 10.6 Å². The van der Waals surface area contributed by atoms with E-state index in [1.807, 2.05) is 44.2 Å². The van der Waals surface area contributed by atoms with Crippen LogP contribution in [0.4, 0.5) is 5.69 Å². The summed E-state index contributed by atoms with van der Waals surface area (Å²) in [7, 11) is 0. The van der Waals surface area contributed by atoms with Gasteiger partial charge in [-0.2, -0.15) is 0 Å². The number of rotatable bonds is 8. The van der Waals surface area contributed by atoms with E-state index in [0.29, 0.717) is 23.6 Å². The second-order valence-electron chi connectivity index (χ2n) is 9.19. The number of imide groups is 2. The van der Waals surface area contributed by atoms with Crippen LogP contribution in [0.3, 0.4) is 0 Å². The molecule has 1 saturated heterocycles. The Morgan fingerprint density at radius 1 is 1.17 bits per heavy atom. The van der Waals surface area contributed by atoms with E-state index in [4.69, 9.17) is 11.6 Å². The highest BCUT2D eigenvalue weighted by Crippen LogP contribution is 2.27. The molecule has 0 aliphatic carbocycles. The number of nitrogens with one attached hydrogen (secondary N) is 2. The van der Waals surface area contributed by atoms with Crippen molar-refractivity contribution in [3.05, 3.63) is 76.0 Å². The minimum absolute atomic E-state index is 0.0434. The number of aryl methyl sites for hydroxylation is 1. The number of halogens is 1. The SMILES string of the molecule is Cc1ccc(CC(=O)C[C@@H](C)c2cccc(NC3=CC(=O)N(C4CCC(=O)NC4=O)C3=O)c2)cc1Cl. The lowest BCUT2D eigenvalue weighted by Gasteiger charge is -2.28. The van der Waals surface area contributed by atoms with Gasteiger partial charge in [0.2, 0.25) is 11.8 Å². The number of nitrogens with zero attached hydrogens (tertiary/aromatic N) is 1. The number of ketones is 1. The van der Waals surface area contributed by atoms with Gasteiger partial charge in [0.15, 0.2) is 0 Å². The summed E-state index contributed by atoms with van der Waals surface area (Å²) in [5.41, 5.74) is 3.35. The molecule has 2 N–H and O–H groups in total. The molecule has 2 atom stereocenters. The van der Waals surface area contributed by atoms with Gasteiger partial charge >= 0.3 is 0 Å². The number of amides is 4. The standard InChI is InChI=1S/C27H26ClN3O5/c1-15-6-7-17(12-21(15)28)11-20(32)10-16(2)18-4-3-5-19(13-18)29-22-14-25(34)31(27(22)36)23-8-9-24(33)30-26(23)35/h3-7,12-14,16,23,29H,8-11H2,1-2H3,(H,30,33,35)/t16-,23?/m1/s1. The highest BCUT2D eigenvalue weighted by atomic mass is 35.5. The normalized spacial score (nSPS) is 18.7. The first-order valence-corrected chi connectivity index (χ1v) is 12.1. The Kier molecular flexibility index (Phi) is 7.35. The minimum Gasteiger partial charge on any atom is -0.351 e. The second kappa shape index (κ2) is 10.5. The van der Waals surface area contributed by atoms with Gasteiger partial charge in [-0.25, -0.2) is 0 Å². The molecule has 2 aliphatic rings. The Morgan fingerprint density at radius 3 is 2.67 bits per heavy atom. The van der Waals surface area contributed by atoms with Crippen LogP contribution in [-0.4, -0.2) is 40.4 Å². The molecule has 0 aromatic heterocycles. The summed E-state index contributed by atoms with van der Waals surface area (Å²) in [6.07, 6.45) is 1.93. The van der Waals surface area contributed by atoms with Gasteiger partial charge in [0.05, 0.1) is 0 Å². The van der Waals surface area contributed by atoms with Crippen LogP contribution in [0.15, 0.2) is 54.2 Å². The van der Waals surface area contributed by atoms with Crippen LogP contribution in [0, 0.1) is 6.92 Å². The predicted octanol–water partition coefficient (Wildman–Crippen LogP) is 3.42. The van der Waals surface area contributed by atoms with E-state index in [1.54, 1.807) is 12.1 Å². The smallest absolute Gasteiger partial charge is 0.278 e. The summed E-state index contributed by atoms with van der Waals surface area (Å²) in [4.78, 5) is 62.4. The van der Waals surface area contributed by atoms with E-state index in [1.165, 1.54) is 0 Å². The molecular weight excluding hydrogens is 482 g/mol. The number of carbonyl (C=O) groups is 5. The summed E-state index contributed by atoms with van der Waals surface area (Å²) in [6.45, 7) is 3.86. The maximum Gasteiger partial charge on any atom is 0.278 e. The van der Waals surface area contributed by atoms with Gasteiger partial charge in [0, 0.05) is 36.0 Å². The molecule has 186 valence electrons. The summed E-state index contributed by atoms with van der Waals surface area (Å²) < 4.78 is 0. The monoisotopic (exact) mass is 507 g/mol. The molecule has 0 radical (unpaired) electrons. The fraction of sp³-hybridized carbons (Fsp3) is 0.296. The molecule has 36 heavy (non-hydrogen) atoms. The van der Waals surface area contributed by atoms with E-state index < -0.39 is 29.7 Å². The van der Waals surface area contributed by atoms with Crippen molar-refractivity contribution in [2.24, 2.45) is 0 Å². The van der Waals surface area contributed by atoms with Crippen molar-refractivity contribution < 1.29 is 24.0 Å². The first-order chi connectivity index (χ1) is 17.1. The Morgan fingerprint density at radius 2 is 1.94 bits per heavy atom. The molecule has 1 fully saturated rings. The number of anilines is 1. The molecule has 0 spiro atoms. The molecular formula is C27H26ClN3O5. The third-order valence-corrected chi connectivity index (χ3v) is 6.79. The average Bonchev–Trinajstić information content (AvgIpc) is 3.09. The summed E-state index contributed by atoms with van der Waals surface area (Å²) >= 11 is 6.17. The number of benzene rings is 2. The van der Waals surface area contributed by atoms with Gasteiger partial charge in [-0.3, -0.25) is 34.2 Å². The van der Waals surface area contributed by atoms with E-state index in [-0.39, 0.29) is 30.2 Å². The topological polar surface area (TPSA) is 113 Å². The number of hydrogen-bond acceptors (Lipinski definition) is 6. The third kappa shape index (κ3) is 5.54. The lowest BCUT2D eigenvalue weighted by atomic mass is 9.93. The molecule has 4 rings (SSSR count). The second-order valence-corrected chi connectivity index (χ2v) is 9.60. The van der Waals surface area contributed by atoms with Crippen LogP contribution in [0.1, 0.15) is 48.8 Å². The quantitative estimate of drug-likeness (QED) is 0.529. The summed E-state index contributed by atoms with van der Waals surface area (Å²) in [5, 5.41) is 5.77. The van der Waals surface area contributed by atoms with E-state index in [0.717, 1.165) is 27.7 Å². The number of piperidine rings is 1. The summed E-state index contributed by atoms with van der Waals surface area (Å²) in [6, 6.07) is 11.9. The van der Waals surface area contributed by atoms with Gasteiger partial charge in [0.1, 0.15) is 17.5 Å². The first-order valence-electron chi connectivity index (χ1n) is 11.7. The highest BCUT2D eigenvalue weighted by molar-refractivity contribution is 6.31. The van der Waals surface area contributed by atoms with Crippen molar-refractivity contribution in [3.63, 3.8) is 0 Å². The van der Waals surface area contributed by atoms with Gasteiger partial charge in [-0.1, -0.05) is 42.8 Å². The zero-order chi connectivity index (χ0) is 26.0. The molecule has 2 aromatic rings. The van der Waals surface area contributed by atoms with Crippen LogP contribution in [0.25, 0.3) is 0 Å². The summed E-state index contributed by atoms with van der Waals surface area (Å²) in [5.74, 6) is -2.30. The maximum atomic E-state index is 12.9. The van der Waals surface area contributed by atoms with Crippen LogP contribution >= 0.6 is 11.6 Å². The van der Waals surface area contributed by atoms with Crippen molar-refractivity contribution in [1.82, 2.24) is 10.2 Å². The molecule has 0 saturated carbocycles. The van der Waals surface area contributed by atoms with Gasteiger partial charge in [0.25, 0.3) is 11.8 Å². The fourth-order valence-corrected chi connectivity index (χ4v) is 4.58. The molecule has 0 bridgehead atoms. The largest absolute Gasteiger partial charge is 0.351 e. The van der Waals surface area contributed by atoms with E-state index >= 15 is 0 Å². The lowest BCUT2D eigenvalue weighted by Crippen LogP contribution is -2.54. The third-order valence-electron chi connectivity index (χ3n) is 6.38. The van der Waals surface area contributed by atoms with Crippen LogP contribution in [0.5, 0.6) is 0 Å². The van der Waals surface area contributed by atoms with Crippen molar-refractivity contribution >= 4 is 46.7 Å². The molecule has 8 nitrogen and oxygen atoms in total. The van der Waals surface area contributed by atoms with Crippen LogP contribution in [-0.2, 0) is 30.4 Å². The maximum absolute atomic E-state index is 12.9. The van der Waals surface area contributed by atoms with E-state index in [2.05, 4.69) is 10.6 Å². The van der Waals surface area contributed by atoms with Gasteiger partial charge in [-0.05, 0) is 54.2 Å². The van der Waals surface area contributed by atoms with Crippen molar-refractivity contribution in [2.75, 3.05) is 5.32 Å². The minimum atomic E-state index is -1.01. The van der Waals surface area contributed by atoms with E-state index in [9.17, 15) is 24.0 Å². The molecule has 9 heteroatoms.